The molecule has 1 aromatic heterocycles. The second-order valence-electron chi connectivity index (χ2n) is 7.84. The zero-order chi connectivity index (χ0) is 25.9. The highest BCUT2D eigenvalue weighted by Crippen LogP contribution is 2.21. The minimum absolute atomic E-state index is 0.184. The van der Waals surface area contributed by atoms with Gasteiger partial charge in [-0.2, -0.15) is 23.4 Å². The highest BCUT2D eigenvalue weighted by Gasteiger charge is 2.37. The Morgan fingerprint density at radius 1 is 1.19 bits per heavy atom. The van der Waals surface area contributed by atoms with Crippen LogP contribution in [-0.4, -0.2) is 65.7 Å². The van der Waals surface area contributed by atoms with E-state index in [0.717, 1.165) is 24.3 Å². The first-order valence-electron chi connectivity index (χ1n) is 10.7. The molecule has 4 rings (SSSR count). The van der Waals surface area contributed by atoms with Gasteiger partial charge in [0.15, 0.2) is 6.23 Å². The van der Waals surface area contributed by atoms with E-state index in [1.807, 2.05) is 0 Å². The number of aromatic amines is 1. The number of carbonyl (C=O) groups excluding carboxylic acids is 1. The Hall–Kier alpha value is -4.13. The number of amides is 1. The van der Waals surface area contributed by atoms with Crippen LogP contribution < -0.4 is 11.0 Å². The molecular weight excluding hydrogens is 484 g/mol. The highest BCUT2D eigenvalue weighted by molar-refractivity contribution is 5.96. The first-order chi connectivity index (χ1) is 17.2. The molecule has 0 spiro atoms. The summed E-state index contributed by atoms with van der Waals surface area (Å²) in [5.74, 6) is -2.98. The Morgan fingerprint density at radius 3 is 2.67 bits per heavy atom. The number of aliphatic imine (C=N–C) groups is 1. The number of halogens is 4. The van der Waals surface area contributed by atoms with Gasteiger partial charge in [-0.3, -0.25) is 15.0 Å². The van der Waals surface area contributed by atoms with E-state index < -0.39 is 30.0 Å². The van der Waals surface area contributed by atoms with Crippen molar-refractivity contribution < 1.29 is 27.1 Å². The maximum Gasteiger partial charge on any atom is 0.450 e. The van der Waals surface area contributed by atoms with Gasteiger partial charge in [0.2, 0.25) is 5.84 Å². The molecule has 188 valence electrons. The summed E-state index contributed by atoms with van der Waals surface area (Å²) >= 11 is 0. The van der Waals surface area contributed by atoms with E-state index in [0.29, 0.717) is 22.0 Å². The molecule has 2 aromatic carbocycles. The van der Waals surface area contributed by atoms with Crippen molar-refractivity contribution in [3.8, 4) is 0 Å². The molecule has 13 heteroatoms. The number of alkyl halides is 3. The van der Waals surface area contributed by atoms with Gasteiger partial charge in [-0.15, -0.1) is 0 Å². The van der Waals surface area contributed by atoms with Crippen molar-refractivity contribution >= 4 is 28.7 Å². The summed E-state index contributed by atoms with van der Waals surface area (Å²) in [4.78, 5) is 29.8. The number of rotatable bonds is 4. The molecule has 36 heavy (non-hydrogen) atoms. The molecule has 1 aliphatic rings. The van der Waals surface area contributed by atoms with E-state index in [2.05, 4.69) is 20.3 Å². The number of amidine groups is 1. The van der Waals surface area contributed by atoms with Gasteiger partial charge in [-0.05, 0) is 23.8 Å². The van der Waals surface area contributed by atoms with Gasteiger partial charge in [0.05, 0.1) is 29.7 Å². The molecule has 2 heterocycles. The van der Waals surface area contributed by atoms with Gasteiger partial charge >= 0.3 is 6.18 Å². The lowest BCUT2D eigenvalue weighted by Crippen LogP contribution is -2.40. The van der Waals surface area contributed by atoms with Crippen LogP contribution in [0.1, 0.15) is 21.6 Å². The van der Waals surface area contributed by atoms with Crippen LogP contribution in [0.5, 0.6) is 0 Å². The Kier molecular flexibility index (Phi) is 7.10. The third kappa shape index (κ3) is 5.40. The number of hydrogen-bond acceptors (Lipinski definition) is 7. The van der Waals surface area contributed by atoms with E-state index in [-0.39, 0.29) is 30.6 Å². The maximum atomic E-state index is 14.7. The average molecular weight is 504 g/mol. The largest absolute Gasteiger partial charge is 0.450 e. The SMILES string of the molecule is COC1CN(C(=O)c2cc(Cc3n[nH]c(=O)c4ccccc34)ccc2F)CC=NNC(C(F)(F)F)=N1. The van der Waals surface area contributed by atoms with Crippen LogP contribution in [0.4, 0.5) is 17.6 Å². The Labute approximate surface area is 201 Å². The summed E-state index contributed by atoms with van der Waals surface area (Å²) in [7, 11) is 1.15. The Morgan fingerprint density at radius 2 is 1.94 bits per heavy atom. The first-order valence-corrected chi connectivity index (χ1v) is 10.7. The van der Waals surface area contributed by atoms with Crippen LogP contribution in [0.25, 0.3) is 10.8 Å². The monoisotopic (exact) mass is 504 g/mol. The van der Waals surface area contributed by atoms with E-state index in [1.54, 1.807) is 29.7 Å². The van der Waals surface area contributed by atoms with E-state index in [4.69, 9.17) is 4.74 Å². The predicted molar refractivity (Wildman–Crippen MR) is 123 cm³/mol. The van der Waals surface area contributed by atoms with E-state index in [1.165, 1.54) is 12.1 Å². The van der Waals surface area contributed by atoms with Crippen molar-refractivity contribution in [1.29, 1.82) is 0 Å². The number of nitrogens with zero attached hydrogens (tertiary/aromatic N) is 4. The number of ether oxygens (including phenoxy) is 1. The molecule has 0 bridgehead atoms. The van der Waals surface area contributed by atoms with E-state index in [9.17, 15) is 27.2 Å². The fourth-order valence-electron chi connectivity index (χ4n) is 3.67. The van der Waals surface area contributed by atoms with Gasteiger partial charge in [0.25, 0.3) is 11.5 Å². The molecule has 0 saturated carbocycles. The molecule has 1 unspecified atom stereocenters. The van der Waals surface area contributed by atoms with Crippen LogP contribution in [0.15, 0.2) is 57.4 Å². The smallest absolute Gasteiger partial charge is 0.358 e. The van der Waals surface area contributed by atoms with Crippen molar-refractivity contribution in [3.05, 3.63) is 75.5 Å². The van der Waals surface area contributed by atoms with Crippen molar-refractivity contribution in [3.63, 3.8) is 0 Å². The van der Waals surface area contributed by atoms with Gasteiger partial charge in [0.1, 0.15) is 5.82 Å². The lowest BCUT2D eigenvalue weighted by molar-refractivity contribution is -0.0634. The van der Waals surface area contributed by atoms with Gasteiger partial charge < -0.3 is 9.64 Å². The average Bonchev–Trinajstić information content (AvgIpc) is 2.97. The highest BCUT2D eigenvalue weighted by atomic mass is 19.4. The molecule has 1 amide bonds. The predicted octanol–water partition coefficient (Wildman–Crippen LogP) is 2.62. The number of carbonyl (C=O) groups is 1. The summed E-state index contributed by atoms with van der Waals surface area (Å²) in [6, 6.07) is 10.8. The molecule has 2 N–H and O–H groups in total. The molecule has 9 nitrogen and oxygen atoms in total. The van der Waals surface area contributed by atoms with Crippen molar-refractivity contribution in [2.45, 2.75) is 18.8 Å². The molecule has 0 saturated heterocycles. The number of nitrogens with one attached hydrogen (secondary N) is 2. The lowest BCUT2D eigenvalue weighted by Gasteiger charge is -2.24. The Bertz CT molecular complexity index is 1400. The third-order valence-corrected chi connectivity index (χ3v) is 5.45. The van der Waals surface area contributed by atoms with Gasteiger partial charge in [-0.25, -0.2) is 14.5 Å². The summed E-state index contributed by atoms with van der Waals surface area (Å²) in [6.45, 7) is -0.597. The second kappa shape index (κ2) is 10.2. The summed E-state index contributed by atoms with van der Waals surface area (Å²) < 4.78 is 59.1. The number of methoxy groups -OCH3 is 1. The molecule has 1 aliphatic heterocycles. The number of H-pyrrole nitrogens is 1. The number of aromatic nitrogens is 2. The minimum Gasteiger partial charge on any atom is -0.358 e. The fraction of sp³-hybridized carbons (Fsp3) is 0.261. The standard InChI is InChI=1S/C23H20F4N6O3/c1-36-19-12-33(9-8-28-32-22(29-19)23(25,26)27)21(35)16-10-13(6-7-17(16)24)11-18-14-4-2-3-5-15(14)20(34)31-30-18/h2-8,10,19H,9,11-12H2,1H3,(H,29,32)(H,31,34). The van der Waals surface area contributed by atoms with Crippen LogP contribution in [0, 0.1) is 5.82 Å². The van der Waals surface area contributed by atoms with Gasteiger partial charge in [0, 0.05) is 25.1 Å². The first kappa shape index (κ1) is 25.0. The number of benzene rings is 2. The quantitative estimate of drug-likeness (QED) is 0.531. The normalized spacial score (nSPS) is 16.6. The molecule has 1 atom stereocenters. The summed E-state index contributed by atoms with van der Waals surface area (Å²) in [5.41, 5.74) is 2.21. The zero-order valence-corrected chi connectivity index (χ0v) is 18.8. The minimum atomic E-state index is -4.81. The molecule has 0 aliphatic carbocycles. The summed E-state index contributed by atoms with van der Waals surface area (Å²) in [5, 5.41) is 11.0. The molecule has 0 fully saturated rings. The van der Waals surface area contributed by atoms with Crippen molar-refractivity contribution in [2.24, 2.45) is 10.1 Å². The number of fused-ring (bicyclic) bond motifs is 1. The molecular formula is C23H20F4N6O3. The lowest BCUT2D eigenvalue weighted by atomic mass is 10.0. The van der Waals surface area contributed by atoms with Crippen LogP contribution in [-0.2, 0) is 11.2 Å². The van der Waals surface area contributed by atoms with Crippen LogP contribution in [0.2, 0.25) is 0 Å². The zero-order valence-electron chi connectivity index (χ0n) is 18.8. The van der Waals surface area contributed by atoms with Crippen molar-refractivity contribution in [2.75, 3.05) is 20.2 Å². The third-order valence-electron chi connectivity index (χ3n) is 5.45. The number of hydrogen-bond donors (Lipinski definition) is 2. The van der Waals surface area contributed by atoms with Crippen LogP contribution >= 0.6 is 0 Å². The van der Waals surface area contributed by atoms with Crippen molar-refractivity contribution in [1.82, 2.24) is 20.5 Å². The fourth-order valence-corrected chi connectivity index (χ4v) is 3.67. The van der Waals surface area contributed by atoms with Crippen LogP contribution in [0.3, 0.4) is 0 Å². The molecule has 0 radical (unpaired) electrons. The van der Waals surface area contributed by atoms with Gasteiger partial charge in [-0.1, -0.05) is 24.3 Å². The molecule has 3 aromatic rings. The Balaban J connectivity index is 1.63. The van der Waals surface area contributed by atoms with E-state index >= 15 is 0 Å². The number of hydrazone groups is 1. The summed E-state index contributed by atoms with van der Waals surface area (Å²) in [6.07, 6.45) is -4.95. The second-order valence-corrected chi connectivity index (χ2v) is 7.84. The topological polar surface area (TPSA) is 112 Å². The maximum absolute atomic E-state index is 14.7.